The maximum absolute atomic E-state index is 2.59. The molecule has 0 atom stereocenters. The second kappa shape index (κ2) is 17.5. The number of para-hydroxylation sites is 6. The number of hydrogen-bond acceptors (Lipinski definition) is 1. The van der Waals surface area contributed by atoms with Gasteiger partial charge in [-0.05, 0) is 105 Å². The molecule has 2 nitrogen and oxygen atoms in total. The zero-order chi connectivity index (χ0) is 46.6. The summed E-state index contributed by atoms with van der Waals surface area (Å²) in [5, 5.41) is 5.18. The van der Waals surface area contributed by atoms with Gasteiger partial charge in [0.15, 0.2) is 0 Å². The Morgan fingerprint density at radius 3 is 1.59 bits per heavy atom. The lowest BCUT2D eigenvalue weighted by atomic mass is 9.78. The lowest BCUT2D eigenvalue weighted by Gasteiger charge is -2.33. The van der Waals surface area contributed by atoms with Crippen LogP contribution >= 0.6 is 0 Å². The fourth-order valence-electron chi connectivity index (χ4n) is 11.2. The zero-order valence-electron chi connectivity index (χ0n) is 40.6. The molecule has 9 aromatic carbocycles. The van der Waals surface area contributed by atoms with Gasteiger partial charge in [-0.15, -0.1) is 0 Å². The molecule has 1 fully saturated rings. The Bertz CT molecular complexity index is 3420. The number of aromatic nitrogens is 1. The van der Waals surface area contributed by atoms with Crippen molar-refractivity contribution in [1.82, 2.24) is 4.57 Å². The summed E-state index contributed by atoms with van der Waals surface area (Å²) in [6.45, 7) is 14.0. The SMILES string of the molecule is CC(C)(C)c1cc(-c2ccccc2N(c2ccccc2-c2cccc3cccc(C4CCCCC4)c23)c2ccccc2-c2cccc3c4ccccc4n(-c4ccccc4)c23)cc(C(C)(C)C)c1. The quantitative estimate of drug-likeness (QED) is 0.148. The van der Waals surface area contributed by atoms with Crippen molar-refractivity contribution in [3.05, 3.63) is 217 Å². The molecule has 0 bridgehead atoms. The van der Waals surface area contributed by atoms with E-state index in [0.29, 0.717) is 5.92 Å². The first-order chi connectivity index (χ1) is 33.0. The molecule has 1 aliphatic carbocycles. The van der Waals surface area contributed by atoms with Crippen LogP contribution in [0.25, 0.3) is 71.6 Å². The third kappa shape index (κ3) is 7.80. The van der Waals surface area contributed by atoms with Crippen LogP contribution in [0, 0.1) is 0 Å². The minimum atomic E-state index is -0.0376. The highest BCUT2D eigenvalue weighted by atomic mass is 15.2. The van der Waals surface area contributed by atoms with Gasteiger partial charge in [-0.2, -0.15) is 0 Å². The smallest absolute Gasteiger partial charge is 0.0620 e. The van der Waals surface area contributed by atoms with Crippen molar-refractivity contribution in [2.24, 2.45) is 0 Å². The number of rotatable bonds is 8. The van der Waals surface area contributed by atoms with Gasteiger partial charge >= 0.3 is 0 Å². The molecule has 68 heavy (non-hydrogen) atoms. The van der Waals surface area contributed by atoms with E-state index in [2.05, 4.69) is 251 Å². The van der Waals surface area contributed by atoms with E-state index in [1.807, 2.05) is 0 Å². The fourth-order valence-corrected chi connectivity index (χ4v) is 11.2. The molecule has 0 spiro atoms. The van der Waals surface area contributed by atoms with E-state index >= 15 is 0 Å². The maximum Gasteiger partial charge on any atom is 0.0620 e. The average molecular weight is 883 g/mol. The van der Waals surface area contributed by atoms with Gasteiger partial charge in [0.25, 0.3) is 0 Å². The lowest BCUT2D eigenvalue weighted by molar-refractivity contribution is 0.445. The molecule has 1 saturated carbocycles. The van der Waals surface area contributed by atoms with Gasteiger partial charge in [0.1, 0.15) is 0 Å². The molecule has 1 aliphatic rings. The Kier molecular flexibility index (Phi) is 11.2. The highest BCUT2D eigenvalue weighted by molar-refractivity contribution is 6.15. The fraction of sp³-hybridized carbons (Fsp3) is 0.212. The van der Waals surface area contributed by atoms with Crippen LogP contribution in [0.2, 0.25) is 0 Å². The second-order valence-corrected chi connectivity index (χ2v) is 21.2. The van der Waals surface area contributed by atoms with Crippen molar-refractivity contribution in [3.63, 3.8) is 0 Å². The van der Waals surface area contributed by atoms with Crippen LogP contribution in [0.15, 0.2) is 200 Å². The number of fused-ring (bicyclic) bond motifs is 4. The number of benzene rings is 9. The Hall–Kier alpha value is -7.16. The van der Waals surface area contributed by atoms with E-state index in [1.165, 1.54) is 115 Å². The Labute approximate surface area is 403 Å². The largest absolute Gasteiger partial charge is 0.309 e. The van der Waals surface area contributed by atoms with Crippen molar-refractivity contribution in [2.75, 3.05) is 4.90 Å². The molecule has 0 saturated heterocycles. The van der Waals surface area contributed by atoms with E-state index in [-0.39, 0.29) is 10.8 Å². The summed E-state index contributed by atoms with van der Waals surface area (Å²) in [6, 6.07) is 75.4. The summed E-state index contributed by atoms with van der Waals surface area (Å²) in [5.41, 5.74) is 18.4. The van der Waals surface area contributed by atoms with Crippen molar-refractivity contribution in [2.45, 2.75) is 90.4 Å². The summed E-state index contributed by atoms with van der Waals surface area (Å²) < 4.78 is 2.47. The molecular formula is C66H62N2. The molecule has 0 radical (unpaired) electrons. The molecule has 2 heteroatoms. The third-order valence-electron chi connectivity index (χ3n) is 14.7. The first-order valence-electron chi connectivity index (χ1n) is 24.9. The third-order valence-corrected chi connectivity index (χ3v) is 14.7. The summed E-state index contributed by atoms with van der Waals surface area (Å²) in [5.74, 6) is 0.558. The van der Waals surface area contributed by atoms with E-state index in [4.69, 9.17) is 0 Å². The van der Waals surface area contributed by atoms with Gasteiger partial charge in [-0.3, -0.25) is 0 Å². The normalized spacial score (nSPS) is 13.7. The molecule has 0 N–H and O–H groups in total. The van der Waals surface area contributed by atoms with Gasteiger partial charge in [-0.1, -0.05) is 225 Å². The topological polar surface area (TPSA) is 8.17 Å². The molecule has 11 rings (SSSR count). The van der Waals surface area contributed by atoms with Crippen LogP contribution in [-0.2, 0) is 10.8 Å². The van der Waals surface area contributed by atoms with Crippen LogP contribution in [-0.4, -0.2) is 4.57 Å². The number of anilines is 3. The molecular weight excluding hydrogens is 821 g/mol. The summed E-state index contributed by atoms with van der Waals surface area (Å²) in [4.78, 5) is 2.59. The van der Waals surface area contributed by atoms with Crippen LogP contribution in [0.3, 0.4) is 0 Å². The highest BCUT2D eigenvalue weighted by Crippen LogP contribution is 2.51. The van der Waals surface area contributed by atoms with Crippen LogP contribution < -0.4 is 4.90 Å². The molecule has 336 valence electrons. The molecule has 0 amide bonds. The maximum atomic E-state index is 2.59. The Balaban J connectivity index is 1.23. The average Bonchev–Trinajstić information content (AvgIpc) is 3.71. The first kappa shape index (κ1) is 43.4. The molecule has 1 aromatic heterocycles. The van der Waals surface area contributed by atoms with Crippen LogP contribution in [0.5, 0.6) is 0 Å². The van der Waals surface area contributed by atoms with Gasteiger partial charge < -0.3 is 9.47 Å². The van der Waals surface area contributed by atoms with Crippen LogP contribution in [0.4, 0.5) is 17.1 Å². The van der Waals surface area contributed by atoms with E-state index in [9.17, 15) is 0 Å². The lowest BCUT2D eigenvalue weighted by Crippen LogP contribution is -2.17. The molecule has 0 unspecified atom stereocenters. The highest BCUT2D eigenvalue weighted by Gasteiger charge is 2.28. The minimum absolute atomic E-state index is 0.0376. The number of hydrogen-bond donors (Lipinski definition) is 0. The van der Waals surface area contributed by atoms with Gasteiger partial charge in [0.2, 0.25) is 0 Å². The number of nitrogens with zero attached hydrogens (tertiary/aromatic N) is 2. The standard InChI is InChI=1S/C66H62N2/c1-65(2,3)48-42-47(43-49(44-48)66(4,5)6)51-30-13-17-38-59(51)68(61-40-19-14-31-53(61)56-35-22-27-46-26-21-34-52(63(46)56)45-24-9-7-10-25-45)62-41-20-16-33-55(62)58-37-23-36-57-54-32-15-18-39-60(54)67(64(57)58)50-28-11-8-12-29-50/h8,11-23,26-45H,7,9-10,24-25H2,1-6H3. The summed E-state index contributed by atoms with van der Waals surface area (Å²) >= 11 is 0. The van der Waals surface area contributed by atoms with Gasteiger partial charge in [-0.25, -0.2) is 0 Å². The minimum Gasteiger partial charge on any atom is -0.309 e. The van der Waals surface area contributed by atoms with Crippen molar-refractivity contribution < 1.29 is 0 Å². The van der Waals surface area contributed by atoms with E-state index < -0.39 is 0 Å². The van der Waals surface area contributed by atoms with Gasteiger partial charge in [0, 0.05) is 38.7 Å². The molecule has 10 aromatic rings. The molecule has 0 aliphatic heterocycles. The first-order valence-corrected chi connectivity index (χ1v) is 24.9. The van der Waals surface area contributed by atoms with Crippen molar-refractivity contribution in [3.8, 4) is 39.1 Å². The van der Waals surface area contributed by atoms with Gasteiger partial charge in [0.05, 0.1) is 28.1 Å². The zero-order valence-corrected chi connectivity index (χ0v) is 40.6. The predicted molar refractivity (Wildman–Crippen MR) is 293 cm³/mol. The van der Waals surface area contributed by atoms with E-state index in [1.54, 1.807) is 0 Å². The summed E-state index contributed by atoms with van der Waals surface area (Å²) in [7, 11) is 0. The van der Waals surface area contributed by atoms with Crippen molar-refractivity contribution >= 4 is 49.6 Å². The second-order valence-electron chi connectivity index (χ2n) is 21.2. The monoisotopic (exact) mass is 882 g/mol. The molecule has 1 heterocycles. The summed E-state index contributed by atoms with van der Waals surface area (Å²) in [6.07, 6.45) is 6.42. The Morgan fingerprint density at radius 1 is 0.426 bits per heavy atom. The van der Waals surface area contributed by atoms with Crippen LogP contribution in [0.1, 0.15) is 96.3 Å². The predicted octanol–water partition coefficient (Wildman–Crippen LogP) is 19.1. The Morgan fingerprint density at radius 2 is 0.926 bits per heavy atom. The van der Waals surface area contributed by atoms with Crippen molar-refractivity contribution in [1.29, 1.82) is 0 Å². The van der Waals surface area contributed by atoms with E-state index in [0.717, 1.165) is 22.7 Å².